The molecule has 8 heteroatoms. The normalized spacial score (nSPS) is 7.43. The molecule has 0 aliphatic carbocycles. The lowest BCUT2D eigenvalue weighted by atomic mass is 10.3. The van der Waals surface area contributed by atoms with Crippen LogP contribution in [0.4, 0.5) is 0 Å². The second-order valence-electron chi connectivity index (χ2n) is 2.90. The largest absolute Gasteiger partial charge is 0.478 e. The van der Waals surface area contributed by atoms with E-state index >= 15 is 0 Å². The Hall–Kier alpha value is -2.45. The molecule has 8 nitrogen and oxygen atoms in total. The third kappa shape index (κ3) is 98.9. The molecule has 0 saturated heterocycles. The van der Waals surface area contributed by atoms with Gasteiger partial charge in [-0.2, -0.15) is 0 Å². The van der Waals surface area contributed by atoms with Gasteiger partial charge in [0.1, 0.15) is 0 Å². The molecule has 0 spiro atoms. The van der Waals surface area contributed by atoms with Crippen molar-refractivity contribution >= 4 is 17.9 Å². The highest BCUT2D eigenvalue weighted by atomic mass is 16.5. The van der Waals surface area contributed by atoms with E-state index in [1.165, 1.54) is 0 Å². The van der Waals surface area contributed by atoms with E-state index in [0.29, 0.717) is 6.42 Å². The number of rotatable bonds is 5. The Morgan fingerprint density at radius 2 is 1.05 bits per heavy atom. The summed E-state index contributed by atoms with van der Waals surface area (Å²) in [5.41, 5.74) is 0. The molecule has 0 aromatic heterocycles. The van der Waals surface area contributed by atoms with Crippen LogP contribution in [-0.2, 0) is 14.4 Å². The zero-order chi connectivity index (χ0) is 17.8. The molecule has 5 N–H and O–H groups in total. The van der Waals surface area contributed by atoms with Crippen molar-refractivity contribution in [1.82, 2.24) is 0 Å². The number of carboxylic acid groups (broad SMARTS) is 3. The third-order valence-electron chi connectivity index (χ3n) is 1.07. The van der Waals surface area contributed by atoms with E-state index < -0.39 is 24.2 Å². The minimum absolute atomic E-state index is 0.486. The molecule has 0 heterocycles. The number of carboxylic acids is 3. The molecule has 0 saturated carbocycles. The Bertz CT molecular complexity index is 277. The predicted octanol–water partition coefficient (Wildman–Crippen LogP) is 0.868. The Labute approximate surface area is 123 Å². The number of aliphatic carboxylic acids is 3. The molecule has 0 bridgehead atoms. The molecule has 21 heavy (non-hydrogen) atoms. The maximum atomic E-state index is 9.25. The van der Waals surface area contributed by atoms with E-state index in [2.05, 4.69) is 19.7 Å². The van der Waals surface area contributed by atoms with Crippen molar-refractivity contribution in [1.29, 1.82) is 0 Å². The van der Waals surface area contributed by atoms with Crippen LogP contribution in [0.2, 0.25) is 0 Å². The van der Waals surface area contributed by atoms with Gasteiger partial charge < -0.3 is 25.5 Å². The number of aliphatic hydroxyl groups excluding tert-OH is 1. The second kappa shape index (κ2) is 22.7. The first kappa shape index (κ1) is 27.0. The van der Waals surface area contributed by atoms with E-state index in [1.54, 1.807) is 0 Å². The van der Waals surface area contributed by atoms with E-state index in [1.807, 2.05) is 6.92 Å². The topological polar surface area (TPSA) is 152 Å². The van der Waals surface area contributed by atoms with Gasteiger partial charge in [0.2, 0.25) is 0 Å². The number of aliphatic hydroxyl groups is 2. The van der Waals surface area contributed by atoms with Crippen LogP contribution < -0.4 is 0 Å². The monoisotopic (exact) mass is 306 g/mol. The average Bonchev–Trinajstić information content (AvgIpc) is 2.40. The molecule has 0 rings (SSSR count). The summed E-state index contributed by atoms with van der Waals surface area (Å²) in [4.78, 5) is 27.8. The van der Waals surface area contributed by atoms with Crippen molar-refractivity contribution in [2.24, 2.45) is 0 Å². The van der Waals surface area contributed by atoms with Crippen molar-refractivity contribution in [2.75, 3.05) is 0 Å². The first-order valence-electron chi connectivity index (χ1n) is 5.51. The molecular weight excluding hydrogens is 284 g/mol. The summed E-state index contributed by atoms with van der Waals surface area (Å²) in [5, 5.41) is 39.0. The molecule has 0 fully saturated rings. The van der Waals surface area contributed by atoms with Crippen LogP contribution in [0.1, 0.15) is 19.8 Å². The summed E-state index contributed by atoms with van der Waals surface area (Å²) in [6.07, 6.45) is 2.72. The molecule has 0 aliphatic rings. The molecule has 0 aromatic carbocycles. The summed E-state index contributed by atoms with van der Waals surface area (Å²) >= 11 is 0. The van der Waals surface area contributed by atoms with Crippen LogP contribution in [0.15, 0.2) is 38.0 Å². The second-order valence-corrected chi connectivity index (χ2v) is 2.90. The Morgan fingerprint density at radius 1 is 0.857 bits per heavy atom. The highest BCUT2D eigenvalue weighted by Gasteiger charge is 1.89. The third-order valence-corrected chi connectivity index (χ3v) is 1.07. The van der Waals surface area contributed by atoms with Crippen LogP contribution >= 0.6 is 0 Å². The van der Waals surface area contributed by atoms with Crippen molar-refractivity contribution in [3.63, 3.8) is 0 Å². The van der Waals surface area contributed by atoms with E-state index in [-0.39, 0.29) is 0 Å². The lowest BCUT2D eigenvalue weighted by molar-refractivity contribution is -0.132. The number of carbonyl (C=O) groups is 3. The zero-order valence-electron chi connectivity index (χ0n) is 11.8. The van der Waals surface area contributed by atoms with Gasteiger partial charge in [-0.25, -0.2) is 14.4 Å². The van der Waals surface area contributed by atoms with Crippen molar-refractivity contribution in [3.8, 4) is 0 Å². The van der Waals surface area contributed by atoms with Gasteiger partial charge in [-0.1, -0.05) is 33.1 Å². The highest BCUT2D eigenvalue weighted by molar-refractivity contribution is 5.79. The maximum absolute atomic E-state index is 9.25. The van der Waals surface area contributed by atoms with E-state index in [9.17, 15) is 14.4 Å². The Morgan fingerprint density at radius 3 is 1.05 bits per heavy atom. The number of hydrogen-bond acceptors (Lipinski definition) is 5. The summed E-state index contributed by atoms with van der Waals surface area (Å²) < 4.78 is 0. The van der Waals surface area contributed by atoms with E-state index in [0.717, 1.165) is 24.6 Å². The highest BCUT2D eigenvalue weighted by Crippen LogP contribution is 1.88. The van der Waals surface area contributed by atoms with Gasteiger partial charge in [0, 0.05) is 18.2 Å². The Balaban J connectivity index is -0.0000000921. The summed E-state index contributed by atoms with van der Waals surface area (Å²) in [6.45, 7) is 10.8. The van der Waals surface area contributed by atoms with Gasteiger partial charge in [-0.3, -0.25) is 0 Å². The van der Waals surface area contributed by atoms with Crippen molar-refractivity contribution in [3.05, 3.63) is 38.0 Å². The summed E-state index contributed by atoms with van der Waals surface area (Å²) in [6, 6.07) is 0. The molecule has 0 atom stereocenters. The van der Waals surface area contributed by atoms with Gasteiger partial charge in [0.05, 0.1) is 0 Å². The Kier molecular flexibility index (Phi) is 29.2. The fourth-order valence-electron chi connectivity index (χ4n) is 0.258. The fraction of sp³-hybridized carbons (Fsp3) is 0.308. The number of hydrogen-bond donors (Lipinski definition) is 5. The molecular formula is C13H22O8. The first-order valence-corrected chi connectivity index (χ1v) is 5.51. The lowest BCUT2D eigenvalue weighted by Crippen LogP contribution is -2.01. The molecule has 122 valence electrons. The maximum Gasteiger partial charge on any atom is 0.327 e. The smallest absolute Gasteiger partial charge is 0.327 e. The summed E-state index contributed by atoms with van der Waals surface area (Å²) in [7, 11) is 0. The minimum Gasteiger partial charge on any atom is -0.478 e. The molecule has 0 radical (unpaired) electrons. The lowest BCUT2D eigenvalue weighted by Gasteiger charge is -1.94. The first-order chi connectivity index (χ1) is 9.58. The van der Waals surface area contributed by atoms with E-state index in [4.69, 9.17) is 25.5 Å². The van der Waals surface area contributed by atoms with Crippen LogP contribution in [-0.4, -0.2) is 49.7 Å². The van der Waals surface area contributed by atoms with Crippen LogP contribution in [0.5, 0.6) is 0 Å². The summed E-state index contributed by atoms with van der Waals surface area (Å²) in [5.74, 6) is -2.94. The standard InChI is InChI=1S/C4H10O2.3C3H4O2/c1-2-3-4(5)6;3*1-2-3(4)5/h4-6H,2-3H2,1H3;3*2H,1H2,(H,4,5). The molecule has 0 aromatic rings. The molecule has 0 amide bonds. The quantitative estimate of drug-likeness (QED) is 0.370. The van der Waals surface area contributed by atoms with Gasteiger partial charge in [0.15, 0.2) is 6.29 Å². The minimum atomic E-state index is -1.10. The zero-order valence-corrected chi connectivity index (χ0v) is 11.8. The van der Waals surface area contributed by atoms with Gasteiger partial charge in [-0.05, 0) is 6.42 Å². The van der Waals surface area contributed by atoms with Crippen molar-refractivity contribution < 1.29 is 39.9 Å². The van der Waals surface area contributed by atoms with Gasteiger partial charge in [-0.15, -0.1) is 0 Å². The van der Waals surface area contributed by atoms with Gasteiger partial charge >= 0.3 is 17.9 Å². The molecule has 0 aliphatic heterocycles. The predicted molar refractivity (Wildman–Crippen MR) is 76.6 cm³/mol. The van der Waals surface area contributed by atoms with Crippen LogP contribution in [0.3, 0.4) is 0 Å². The fourth-order valence-corrected chi connectivity index (χ4v) is 0.258. The van der Waals surface area contributed by atoms with Crippen molar-refractivity contribution in [2.45, 2.75) is 26.1 Å². The SMILES string of the molecule is C=CC(=O)O.C=CC(=O)O.C=CC(=O)O.CCCC(O)O. The van der Waals surface area contributed by atoms with Crippen LogP contribution in [0.25, 0.3) is 0 Å². The molecule has 0 unspecified atom stereocenters. The van der Waals surface area contributed by atoms with Gasteiger partial charge in [0.25, 0.3) is 0 Å². The average molecular weight is 306 g/mol. The van der Waals surface area contributed by atoms with Crippen LogP contribution in [0, 0.1) is 0 Å².